The van der Waals surface area contributed by atoms with Crippen molar-refractivity contribution < 1.29 is 47.9 Å². The molecule has 0 aliphatic carbocycles. The van der Waals surface area contributed by atoms with Gasteiger partial charge in [0, 0.05) is 16.5 Å². The van der Waals surface area contributed by atoms with Crippen molar-refractivity contribution in [3.63, 3.8) is 0 Å². The van der Waals surface area contributed by atoms with Gasteiger partial charge in [0.1, 0.15) is 5.75 Å². The first kappa shape index (κ1) is 21.2. The molecule has 1 amide bonds. The van der Waals surface area contributed by atoms with E-state index in [1.54, 1.807) is 30.3 Å². The van der Waals surface area contributed by atoms with E-state index in [0.717, 1.165) is 5.56 Å². The Kier molecular flexibility index (Phi) is 8.97. The molecule has 0 aromatic heterocycles. The van der Waals surface area contributed by atoms with Crippen LogP contribution >= 0.6 is 11.6 Å². The first-order valence-electron chi connectivity index (χ1n) is 6.81. The Morgan fingerprint density at radius 1 is 1.25 bits per heavy atom. The summed E-state index contributed by atoms with van der Waals surface area (Å²) in [4.78, 5) is 12.4. The van der Waals surface area contributed by atoms with E-state index in [2.05, 4.69) is 5.32 Å². The molecule has 0 bridgehead atoms. The molecule has 0 aliphatic rings. The van der Waals surface area contributed by atoms with Crippen LogP contribution in [-0.2, 0) is 17.5 Å². The monoisotopic (exact) mass is 375 g/mol. The van der Waals surface area contributed by atoms with Crippen molar-refractivity contribution in [2.75, 3.05) is 13.7 Å². The molecule has 0 heterocycles. The van der Waals surface area contributed by atoms with E-state index in [1.165, 1.54) is 19.2 Å². The molecule has 2 rings (SSSR count). The molecule has 5 nitrogen and oxygen atoms in total. The predicted molar refractivity (Wildman–Crippen MR) is 87.7 cm³/mol. The second-order valence-corrected chi connectivity index (χ2v) is 6.11. The van der Waals surface area contributed by atoms with Gasteiger partial charge in [0.25, 0.3) is 5.91 Å². The van der Waals surface area contributed by atoms with Gasteiger partial charge in [-0.05, 0) is 53.4 Å². The number of carbonyl (C=O) groups excluding carboxylic acids is 1. The Balaban J connectivity index is 0.00000288. The molecule has 1 unspecified atom stereocenters. The van der Waals surface area contributed by atoms with Crippen molar-refractivity contribution in [2.24, 2.45) is 0 Å². The summed E-state index contributed by atoms with van der Waals surface area (Å²) in [5.41, 5.74) is 1.30. The molecule has 0 radical (unpaired) electrons. The van der Waals surface area contributed by atoms with Crippen LogP contribution in [0.4, 0.5) is 0 Å². The number of rotatable bonds is 6. The maximum Gasteiger partial charge on any atom is 1.00 e. The minimum Gasteiger partial charge on any atom is -0.768 e. The van der Waals surface area contributed by atoms with E-state index in [0.29, 0.717) is 29.3 Å². The van der Waals surface area contributed by atoms with Crippen molar-refractivity contribution >= 4 is 28.6 Å². The van der Waals surface area contributed by atoms with E-state index in [1.807, 2.05) is 0 Å². The average Bonchev–Trinajstić information content (AvgIpc) is 2.55. The molecule has 2 aromatic rings. The first-order chi connectivity index (χ1) is 11.0. The molecule has 8 heteroatoms. The molecule has 0 spiro atoms. The van der Waals surface area contributed by atoms with Crippen LogP contribution in [0.15, 0.2) is 47.4 Å². The fourth-order valence-electron chi connectivity index (χ4n) is 2.04. The van der Waals surface area contributed by atoms with Gasteiger partial charge in [-0.15, -0.1) is 0 Å². The van der Waals surface area contributed by atoms with E-state index >= 15 is 0 Å². The van der Waals surface area contributed by atoms with Crippen LogP contribution in [0.1, 0.15) is 15.9 Å². The van der Waals surface area contributed by atoms with Crippen LogP contribution < -0.4 is 39.6 Å². The van der Waals surface area contributed by atoms with Gasteiger partial charge in [-0.25, -0.2) is 0 Å². The summed E-state index contributed by atoms with van der Waals surface area (Å²) in [5, 5.41) is 3.24. The summed E-state index contributed by atoms with van der Waals surface area (Å²) < 4.78 is 26.7. The van der Waals surface area contributed by atoms with E-state index in [9.17, 15) is 13.6 Å². The fourth-order valence-corrected chi connectivity index (χ4v) is 2.57. The van der Waals surface area contributed by atoms with Gasteiger partial charge < -0.3 is 14.6 Å². The summed E-state index contributed by atoms with van der Waals surface area (Å²) >= 11 is 3.67. The van der Waals surface area contributed by atoms with Crippen molar-refractivity contribution in [3.8, 4) is 5.75 Å². The number of amides is 1. The zero-order valence-electron chi connectivity index (χ0n) is 13.4. The molecule has 122 valence electrons. The van der Waals surface area contributed by atoms with Crippen LogP contribution in [0.3, 0.4) is 0 Å². The fraction of sp³-hybridized carbons (Fsp3) is 0.188. The second-order valence-electron chi connectivity index (χ2n) is 4.73. The molecule has 0 fully saturated rings. The molecule has 0 saturated carbocycles. The Bertz CT molecular complexity index is 725. The number of methoxy groups -OCH3 is 1. The third-order valence-corrected chi connectivity index (χ3v) is 4.11. The topological polar surface area (TPSA) is 78.5 Å². The number of carbonyl (C=O) groups is 1. The Hall–Kier alpha value is -0.890. The van der Waals surface area contributed by atoms with Gasteiger partial charge in [-0.1, -0.05) is 23.7 Å². The second kappa shape index (κ2) is 10.2. The van der Waals surface area contributed by atoms with Gasteiger partial charge in [0.15, 0.2) is 0 Å². The average molecular weight is 376 g/mol. The van der Waals surface area contributed by atoms with Crippen molar-refractivity contribution in [3.05, 3.63) is 58.6 Å². The van der Waals surface area contributed by atoms with Gasteiger partial charge in [-0.2, -0.15) is 0 Å². The molecule has 0 aliphatic heterocycles. The number of halogens is 1. The van der Waals surface area contributed by atoms with Crippen LogP contribution in [0, 0.1) is 0 Å². The Morgan fingerprint density at radius 3 is 2.50 bits per heavy atom. The zero-order chi connectivity index (χ0) is 16.8. The third-order valence-electron chi connectivity index (χ3n) is 3.22. The zero-order valence-corrected chi connectivity index (χ0v) is 16.9. The number of ether oxygens (including phenoxy) is 1. The van der Waals surface area contributed by atoms with Crippen LogP contribution in [0.2, 0.25) is 5.02 Å². The normalized spacial score (nSPS) is 11.3. The molecule has 1 N–H and O–H groups in total. The SMILES string of the molecule is COc1ccc(Cl)cc1C(=O)NCCc1ccc(S(=O)[O-])cc1.[Na+]. The maximum atomic E-state index is 12.2. The third kappa shape index (κ3) is 5.88. The van der Waals surface area contributed by atoms with Gasteiger partial charge >= 0.3 is 29.6 Å². The minimum absolute atomic E-state index is 0. The van der Waals surface area contributed by atoms with Crippen molar-refractivity contribution in [2.45, 2.75) is 11.3 Å². The maximum absolute atomic E-state index is 12.2. The molecule has 1 atom stereocenters. The standard InChI is InChI=1S/C16H16ClNO4S.Na/c1-22-15-7-4-12(17)10-14(15)16(19)18-9-8-11-2-5-13(6-3-11)23(20)21;/h2-7,10H,8-9H2,1H3,(H,18,19)(H,20,21);/q;+1/p-1. The van der Waals surface area contributed by atoms with Gasteiger partial charge in [0.2, 0.25) is 0 Å². The number of benzene rings is 2. The first-order valence-corrected chi connectivity index (χ1v) is 8.26. The van der Waals surface area contributed by atoms with E-state index in [4.69, 9.17) is 16.3 Å². The molecule has 24 heavy (non-hydrogen) atoms. The minimum atomic E-state index is -2.23. The van der Waals surface area contributed by atoms with Crippen molar-refractivity contribution in [1.82, 2.24) is 5.32 Å². The summed E-state index contributed by atoms with van der Waals surface area (Å²) in [6, 6.07) is 11.3. The Labute approximate surface area is 170 Å². The molecular formula is C16H15ClNNaO4S. The largest absolute Gasteiger partial charge is 1.00 e. The smallest absolute Gasteiger partial charge is 0.768 e. The summed E-state index contributed by atoms with van der Waals surface area (Å²) in [6.07, 6.45) is 0.584. The van der Waals surface area contributed by atoms with Crippen LogP contribution in [0.5, 0.6) is 5.75 Å². The van der Waals surface area contributed by atoms with Crippen molar-refractivity contribution in [1.29, 1.82) is 0 Å². The summed E-state index contributed by atoms with van der Waals surface area (Å²) in [7, 11) is 1.49. The Morgan fingerprint density at radius 2 is 1.92 bits per heavy atom. The van der Waals surface area contributed by atoms with Gasteiger partial charge in [0.05, 0.1) is 12.7 Å². The number of hydrogen-bond acceptors (Lipinski definition) is 4. The van der Waals surface area contributed by atoms with E-state index < -0.39 is 11.1 Å². The number of nitrogens with one attached hydrogen (secondary N) is 1. The summed E-state index contributed by atoms with van der Waals surface area (Å²) in [5.74, 6) is 0.177. The molecule has 2 aromatic carbocycles. The van der Waals surface area contributed by atoms with Crippen LogP contribution in [-0.4, -0.2) is 28.3 Å². The molecule has 0 saturated heterocycles. The number of hydrogen-bond donors (Lipinski definition) is 1. The quantitative estimate of drug-likeness (QED) is 0.548. The van der Waals surface area contributed by atoms with E-state index in [-0.39, 0.29) is 40.4 Å². The molecular weight excluding hydrogens is 361 g/mol. The summed E-state index contributed by atoms with van der Waals surface area (Å²) in [6.45, 7) is 0.411. The van der Waals surface area contributed by atoms with Gasteiger partial charge in [-0.3, -0.25) is 9.00 Å². The van der Waals surface area contributed by atoms with Crippen LogP contribution in [0.25, 0.3) is 0 Å². The predicted octanol–water partition coefficient (Wildman–Crippen LogP) is -0.437.